The van der Waals surface area contributed by atoms with E-state index in [1.807, 2.05) is 12.1 Å². The Morgan fingerprint density at radius 3 is 3.23 bits per heavy atom. The van der Waals surface area contributed by atoms with Crippen molar-refractivity contribution in [2.24, 2.45) is 0 Å². The van der Waals surface area contributed by atoms with Crippen molar-refractivity contribution in [2.45, 2.75) is 13.0 Å². The number of anilines is 1. The molecule has 5 nitrogen and oxygen atoms in total. The smallest absolute Gasteiger partial charge is 0.249 e. The molecule has 0 radical (unpaired) electrons. The topological polar surface area (TPSA) is 77.8 Å². The highest BCUT2D eigenvalue weighted by molar-refractivity contribution is 7.16. The summed E-state index contributed by atoms with van der Waals surface area (Å²) in [6.45, 7) is 1.63. The predicted molar refractivity (Wildman–Crippen MR) is 86.3 cm³/mol. The highest BCUT2D eigenvalue weighted by Gasteiger charge is 2.21. The molecule has 0 spiro atoms. The second kappa shape index (κ2) is 6.52. The molecular formula is C16H14N4OS. The molecule has 0 atom stereocenters. The molecule has 110 valence electrons. The summed E-state index contributed by atoms with van der Waals surface area (Å²) in [6.07, 6.45) is 7.34. The van der Waals surface area contributed by atoms with Crippen LogP contribution in [0.25, 0.3) is 6.08 Å². The first-order valence-electron chi connectivity index (χ1n) is 6.92. The van der Waals surface area contributed by atoms with E-state index in [1.165, 1.54) is 17.4 Å². The van der Waals surface area contributed by atoms with Gasteiger partial charge in [0.05, 0.1) is 5.56 Å². The van der Waals surface area contributed by atoms with Gasteiger partial charge in [-0.3, -0.25) is 9.78 Å². The highest BCUT2D eigenvalue weighted by atomic mass is 32.1. The number of hydrogen-bond acceptors (Lipinski definition) is 5. The third kappa shape index (κ3) is 3.06. The summed E-state index contributed by atoms with van der Waals surface area (Å²) < 4.78 is 0. The lowest BCUT2D eigenvalue weighted by atomic mass is 10.1. The average Bonchev–Trinajstić information content (AvgIpc) is 2.91. The number of pyridine rings is 1. The number of fused-ring (bicyclic) bond motifs is 1. The van der Waals surface area contributed by atoms with Gasteiger partial charge in [-0.25, -0.2) is 0 Å². The average molecular weight is 310 g/mol. The fourth-order valence-corrected chi connectivity index (χ4v) is 3.51. The minimum atomic E-state index is -0.244. The van der Waals surface area contributed by atoms with E-state index in [2.05, 4.69) is 21.7 Å². The summed E-state index contributed by atoms with van der Waals surface area (Å²) >= 11 is 1.47. The third-order valence-corrected chi connectivity index (χ3v) is 4.54. The SMILES string of the molecule is N#Cc1c(NC(=O)C=Cc2cccnc2)sc2c1CCNC2. The number of hydrogen-bond donors (Lipinski definition) is 2. The highest BCUT2D eigenvalue weighted by Crippen LogP contribution is 2.34. The van der Waals surface area contributed by atoms with Crippen molar-refractivity contribution in [3.05, 3.63) is 52.2 Å². The third-order valence-electron chi connectivity index (χ3n) is 3.39. The van der Waals surface area contributed by atoms with E-state index >= 15 is 0 Å². The number of nitrogens with one attached hydrogen (secondary N) is 2. The zero-order valence-corrected chi connectivity index (χ0v) is 12.6. The molecule has 6 heteroatoms. The van der Waals surface area contributed by atoms with Crippen LogP contribution in [0.3, 0.4) is 0 Å². The van der Waals surface area contributed by atoms with Gasteiger partial charge >= 0.3 is 0 Å². The largest absolute Gasteiger partial charge is 0.313 e. The van der Waals surface area contributed by atoms with Crippen molar-refractivity contribution >= 4 is 28.3 Å². The first kappa shape index (κ1) is 14.4. The molecule has 0 aromatic carbocycles. The minimum Gasteiger partial charge on any atom is -0.313 e. The van der Waals surface area contributed by atoms with Gasteiger partial charge in [0, 0.05) is 29.9 Å². The number of carbonyl (C=O) groups excluding carboxylic acids is 1. The number of nitriles is 1. The molecule has 3 heterocycles. The van der Waals surface area contributed by atoms with E-state index in [4.69, 9.17) is 0 Å². The standard InChI is InChI=1S/C16H14N4OS/c17-8-13-12-5-7-19-10-14(12)22-16(13)20-15(21)4-3-11-2-1-6-18-9-11/h1-4,6,9,19H,5,7,10H2,(H,20,21). The van der Waals surface area contributed by atoms with Crippen molar-refractivity contribution < 1.29 is 4.79 Å². The first-order valence-corrected chi connectivity index (χ1v) is 7.74. The molecule has 0 saturated heterocycles. The Balaban J connectivity index is 1.76. The summed E-state index contributed by atoms with van der Waals surface area (Å²) in [4.78, 5) is 17.2. The van der Waals surface area contributed by atoms with Crippen molar-refractivity contribution in [3.63, 3.8) is 0 Å². The Labute approximate surface area is 132 Å². The molecule has 3 rings (SSSR count). The molecule has 22 heavy (non-hydrogen) atoms. The van der Waals surface area contributed by atoms with Crippen LogP contribution in [0.5, 0.6) is 0 Å². The van der Waals surface area contributed by atoms with Gasteiger partial charge in [-0.15, -0.1) is 11.3 Å². The van der Waals surface area contributed by atoms with Crippen molar-refractivity contribution in [2.75, 3.05) is 11.9 Å². The van der Waals surface area contributed by atoms with Gasteiger partial charge in [0.15, 0.2) is 0 Å². The zero-order chi connectivity index (χ0) is 15.4. The normalized spacial score (nSPS) is 13.6. The number of carbonyl (C=O) groups is 1. The van der Waals surface area contributed by atoms with Crippen LogP contribution in [0.1, 0.15) is 21.6 Å². The van der Waals surface area contributed by atoms with E-state index in [0.29, 0.717) is 10.6 Å². The maximum atomic E-state index is 12.0. The lowest BCUT2D eigenvalue weighted by Gasteiger charge is -2.11. The van der Waals surface area contributed by atoms with Crippen molar-refractivity contribution in [1.82, 2.24) is 10.3 Å². The molecule has 1 amide bonds. The Morgan fingerprint density at radius 1 is 1.55 bits per heavy atom. The van der Waals surface area contributed by atoms with E-state index in [0.717, 1.165) is 35.5 Å². The number of nitrogens with zero attached hydrogens (tertiary/aromatic N) is 2. The van der Waals surface area contributed by atoms with Crippen LogP contribution in [0.4, 0.5) is 5.00 Å². The second-order valence-electron chi connectivity index (χ2n) is 4.86. The van der Waals surface area contributed by atoms with Crippen LogP contribution < -0.4 is 10.6 Å². The molecule has 0 aliphatic carbocycles. The molecule has 2 aromatic rings. The number of rotatable bonds is 3. The fourth-order valence-electron chi connectivity index (χ4n) is 2.34. The Hall–Kier alpha value is -2.49. The summed E-state index contributed by atoms with van der Waals surface area (Å²) in [6, 6.07) is 5.90. The number of amides is 1. The van der Waals surface area contributed by atoms with Gasteiger partial charge in [0.1, 0.15) is 11.1 Å². The Kier molecular flexibility index (Phi) is 4.28. The van der Waals surface area contributed by atoms with Crippen molar-refractivity contribution in [3.8, 4) is 6.07 Å². The van der Waals surface area contributed by atoms with Gasteiger partial charge in [-0.2, -0.15) is 5.26 Å². The van der Waals surface area contributed by atoms with E-state index in [-0.39, 0.29) is 5.91 Å². The second-order valence-corrected chi connectivity index (χ2v) is 5.96. The molecule has 0 unspecified atom stereocenters. The summed E-state index contributed by atoms with van der Waals surface area (Å²) in [5.74, 6) is -0.244. The summed E-state index contributed by atoms with van der Waals surface area (Å²) in [7, 11) is 0. The van der Waals surface area contributed by atoms with Crippen LogP contribution in [0, 0.1) is 11.3 Å². The molecule has 0 saturated carbocycles. The summed E-state index contributed by atoms with van der Waals surface area (Å²) in [5, 5.41) is 16.1. The van der Waals surface area contributed by atoms with Crippen LogP contribution in [0.2, 0.25) is 0 Å². The van der Waals surface area contributed by atoms with Crippen LogP contribution in [0.15, 0.2) is 30.6 Å². The zero-order valence-electron chi connectivity index (χ0n) is 11.8. The Bertz CT molecular complexity index is 758. The molecule has 0 bridgehead atoms. The maximum Gasteiger partial charge on any atom is 0.249 e. The van der Waals surface area contributed by atoms with Crippen molar-refractivity contribution in [1.29, 1.82) is 5.26 Å². The number of thiophene rings is 1. The van der Waals surface area contributed by atoms with Gasteiger partial charge in [0.2, 0.25) is 5.91 Å². The fraction of sp³-hybridized carbons (Fsp3) is 0.188. The van der Waals surface area contributed by atoms with Gasteiger partial charge in [0.25, 0.3) is 0 Å². The quantitative estimate of drug-likeness (QED) is 0.853. The molecule has 2 N–H and O–H groups in total. The first-order chi connectivity index (χ1) is 10.8. The van der Waals surface area contributed by atoms with Gasteiger partial charge < -0.3 is 10.6 Å². The minimum absolute atomic E-state index is 0.244. The number of aromatic nitrogens is 1. The van der Waals surface area contributed by atoms with E-state index in [1.54, 1.807) is 18.5 Å². The monoisotopic (exact) mass is 310 g/mol. The van der Waals surface area contributed by atoms with Crippen LogP contribution in [-0.4, -0.2) is 17.4 Å². The summed E-state index contributed by atoms with van der Waals surface area (Å²) in [5.41, 5.74) is 2.52. The van der Waals surface area contributed by atoms with Gasteiger partial charge in [-0.1, -0.05) is 6.07 Å². The molecular weight excluding hydrogens is 296 g/mol. The lowest BCUT2D eigenvalue weighted by Crippen LogP contribution is -2.22. The van der Waals surface area contributed by atoms with E-state index < -0.39 is 0 Å². The molecule has 1 aliphatic heterocycles. The lowest BCUT2D eigenvalue weighted by molar-refractivity contribution is -0.111. The van der Waals surface area contributed by atoms with E-state index in [9.17, 15) is 10.1 Å². The van der Waals surface area contributed by atoms with Crippen LogP contribution >= 0.6 is 11.3 Å². The maximum absolute atomic E-state index is 12.0. The Morgan fingerprint density at radius 2 is 2.45 bits per heavy atom. The van der Waals surface area contributed by atoms with Gasteiger partial charge in [-0.05, 0) is 36.2 Å². The molecule has 1 aliphatic rings. The molecule has 2 aromatic heterocycles. The predicted octanol–water partition coefficient (Wildman–Crippen LogP) is 2.31. The molecule has 0 fully saturated rings. The van der Waals surface area contributed by atoms with Crippen LogP contribution in [-0.2, 0) is 17.8 Å².